The molecule has 12 nitrogen and oxygen atoms in total. The van der Waals surface area contributed by atoms with Gasteiger partial charge >= 0.3 is 0 Å². The van der Waals surface area contributed by atoms with E-state index in [-0.39, 0.29) is 0 Å². The average molecular weight is 485 g/mol. The van der Waals surface area contributed by atoms with Crippen LogP contribution in [0.25, 0.3) is 0 Å². The van der Waals surface area contributed by atoms with Crippen molar-refractivity contribution in [3.05, 3.63) is 92.0 Å². The number of hydroxylamine groups is 1. The van der Waals surface area contributed by atoms with Crippen molar-refractivity contribution in [1.29, 1.82) is 0 Å². The van der Waals surface area contributed by atoms with Crippen LogP contribution in [0.3, 0.4) is 0 Å². The summed E-state index contributed by atoms with van der Waals surface area (Å²) in [6, 6.07) is 18.1. The second kappa shape index (κ2) is 13.2. The van der Waals surface area contributed by atoms with Crippen LogP contribution in [0.1, 0.15) is 16.4 Å². The molecule has 2 aromatic carbocycles. The Labute approximate surface area is 189 Å². The van der Waals surface area contributed by atoms with Gasteiger partial charge in [0.15, 0.2) is 0 Å². The van der Waals surface area contributed by atoms with Gasteiger partial charge in [0.25, 0.3) is 16.1 Å². The molecule has 0 radical (unpaired) electrons. The van der Waals surface area contributed by atoms with Gasteiger partial charge in [-0.3, -0.25) is 9.00 Å². The Balaban J connectivity index is 1.93. The molecule has 0 aliphatic rings. The lowest BCUT2D eigenvalue weighted by molar-refractivity contribution is -0.765. The topological polar surface area (TPSA) is 160 Å². The molecule has 0 heterocycles. The van der Waals surface area contributed by atoms with Gasteiger partial charge < -0.3 is 9.68 Å². The fraction of sp³-hybridized carbons (Fsp3) is 0.278. The fourth-order valence-electron chi connectivity index (χ4n) is 2.52. The highest BCUT2D eigenvalue weighted by atomic mass is 32.2. The van der Waals surface area contributed by atoms with E-state index in [1.54, 1.807) is 0 Å². The largest absolute Gasteiger partial charge is 0.313 e. The quantitative estimate of drug-likeness (QED) is 0.238. The maximum absolute atomic E-state index is 13.0. The van der Waals surface area contributed by atoms with Gasteiger partial charge in [-0.15, -0.1) is 20.2 Å². The molecule has 0 saturated carbocycles. The van der Waals surface area contributed by atoms with Crippen LogP contribution in [0.2, 0.25) is 0 Å². The summed E-state index contributed by atoms with van der Waals surface area (Å²) in [5.74, 6) is -1.10. The normalized spacial score (nSPS) is 11.7. The smallest absolute Gasteiger partial charge is 0.294 e. The van der Waals surface area contributed by atoms with E-state index < -0.39 is 56.3 Å². The maximum Gasteiger partial charge on any atom is 0.294 e. The third-order valence-corrected chi connectivity index (χ3v) is 6.15. The zero-order chi connectivity index (χ0) is 23.3. The maximum atomic E-state index is 13.0. The average Bonchev–Trinajstić information content (AvgIpc) is 2.76. The molecule has 0 aliphatic heterocycles. The lowest BCUT2D eigenvalue weighted by Gasteiger charge is -2.18. The molecule has 0 fully saturated rings. The molecule has 0 spiro atoms. The standard InChI is InChI=1S/C18H19N3O9S2/c22-17(19-30-31-16(11-28-20(23)24)12-29-21(25)26)13-32(27)18(14-7-3-1-4-8-14)15-9-5-2-6-10-15/h1-10,16,18H,11-13H2,(H,19,22). The highest BCUT2D eigenvalue weighted by molar-refractivity contribution is 7.95. The number of carbonyl (C=O) groups excluding carboxylic acids is 1. The summed E-state index contributed by atoms with van der Waals surface area (Å²) < 4.78 is 17.9. The molecule has 2 rings (SSSR count). The Bertz CT molecular complexity index is 861. The van der Waals surface area contributed by atoms with Crippen molar-refractivity contribution in [3.63, 3.8) is 0 Å². The number of nitrogens with zero attached hydrogens (tertiary/aromatic N) is 2. The molecule has 2 aromatic rings. The fourth-order valence-corrected chi connectivity index (χ4v) is 4.44. The summed E-state index contributed by atoms with van der Waals surface area (Å²) in [6.07, 6.45) is 0. The molecule has 1 N–H and O–H groups in total. The van der Waals surface area contributed by atoms with E-state index >= 15 is 0 Å². The van der Waals surface area contributed by atoms with E-state index in [2.05, 4.69) is 15.2 Å². The number of carbonyl (C=O) groups is 1. The number of nitrogens with one attached hydrogen (secondary N) is 1. The van der Waals surface area contributed by atoms with E-state index in [0.717, 1.165) is 11.1 Å². The van der Waals surface area contributed by atoms with Crippen LogP contribution in [-0.4, -0.2) is 44.5 Å². The van der Waals surface area contributed by atoms with Gasteiger partial charge in [-0.2, -0.15) is 0 Å². The third kappa shape index (κ3) is 8.87. The van der Waals surface area contributed by atoms with Gasteiger partial charge in [0.2, 0.25) is 0 Å². The summed E-state index contributed by atoms with van der Waals surface area (Å²) in [5, 5.41) is 16.9. The molecule has 0 saturated heterocycles. The van der Waals surface area contributed by atoms with E-state index in [1.807, 2.05) is 60.7 Å². The first-order valence-electron chi connectivity index (χ1n) is 8.99. The first-order chi connectivity index (χ1) is 15.4. The van der Waals surface area contributed by atoms with Crippen molar-refractivity contribution < 1.29 is 33.1 Å². The molecule has 0 aromatic heterocycles. The Morgan fingerprint density at radius 1 is 0.938 bits per heavy atom. The van der Waals surface area contributed by atoms with E-state index in [4.69, 9.17) is 4.28 Å². The molecular weight excluding hydrogens is 466 g/mol. The van der Waals surface area contributed by atoms with Crippen LogP contribution in [0.4, 0.5) is 0 Å². The lowest BCUT2D eigenvalue weighted by Crippen LogP contribution is -2.30. The van der Waals surface area contributed by atoms with Crippen molar-refractivity contribution in [1.82, 2.24) is 5.48 Å². The Morgan fingerprint density at radius 2 is 1.41 bits per heavy atom. The van der Waals surface area contributed by atoms with Gasteiger partial charge in [-0.1, -0.05) is 60.7 Å². The minimum atomic E-state index is -1.65. The molecule has 1 atom stereocenters. The zero-order valence-corrected chi connectivity index (χ0v) is 18.1. The van der Waals surface area contributed by atoms with Crippen LogP contribution < -0.4 is 5.48 Å². The van der Waals surface area contributed by atoms with E-state index in [9.17, 15) is 29.2 Å². The third-order valence-electron chi connectivity index (χ3n) is 3.81. The summed E-state index contributed by atoms with van der Waals surface area (Å²) >= 11 is 0.472. The van der Waals surface area contributed by atoms with Crippen molar-refractivity contribution in [2.75, 3.05) is 19.0 Å². The molecule has 0 aliphatic carbocycles. The van der Waals surface area contributed by atoms with Crippen molar-refractivity contribution in [2.45, 2.75) is 10.5 Å². The predicted molar refractivity (Wildman–Crippen MR) is 114 cm³/mol. The minimum Gasteiger partial charge on any atom is -0.313 e. The number of hydrogen-bond acceptors (Lipinski definition) is 10. The second-order valence-electron chi connectivity index (χ2n) is 6.09. The summed E-state index contributed by atoms with van der Waals surface area (Å²) in [6.45, 7) is -1.14. The van der Waals surface area contributed by atoms with Crippen LogP contribution in [0.5, 0.6) is 0 Å². The second-order valence-corrected chi connectivity index (χ2v) is 8.64. The SMILES string of the molecule is O=C(CS(=O)C(c1ccccc1)c1ccccc1)NOSC(CO[N+](=O)[O-])CO[N+](=O)[O-]. The van der Waals surface area contributed by atoms with Crippen LogP contribution in [0, 0.1) is 20.2 Å². The molecule has 172 valence electrons. The lowest BCUT2D eigenvalue weighted by atomic mass is 10.0. The zero-order valence-electron chi connectivity index (χ0n) is 16.4. The molecular formula is C18H19N3O9S2. The molecule has 0 bridgehead atoms. The highest BCUT2D eigenvalue weighted by Gasteiger charge is 2.24. The Hall–Kier alpha value is -3.23. The molecule has 14 heteroatoms. The number of benzene rings is 2. The van der Waals surface area contributed by atoms with Gasteiger partial charge in [0, 0.05) is 22.8 Å². The van der Waals surface area contributed by atoms with Crippen LogP contribution >= 0.6 is 12.0 Å². The first-order valence-corrected chi connectivity index (χ1v) is 11.2. The van der Waals surface area contributed by atoms with Crippen molar-refractivity contribution >= 4 is 28.7 Å². The number of amides is 1. The molecule has 32 heavy (non-hydrogen) atoms. The van der Waals surface area contributed by atoms with E-state index in [0.29, 0.717) is 12.0 Å². The first kappa shape index (κ1) is 25.0. The van der Waals surface area contributed by atoms with Gasteiger partial charge in [0.05, 0.1) is 10.5 Å². The number of rotatable bonds is 14. The Morgan fingerprint density at radius 3 is 1.84 bits per heavy atom. The van der Waals surface area contributed by atoms with Gasteiger partial charge in [0.1, 0.15) is 19.0 Å². The highest BCUT2D eigenvalue weighted by Crippen LogP contribution is 2.28. The van der Waals surface area contributed by atoms with Crippen LogP contribution in [0.15, 0.2) is 60.7 Å². The van der Waals surface area contributed by atoms with Gasteiger partial charge in [-0.05, 0) is 11.1 Å². The summed E-state index contributed by atoms with van der Waals surface area (Å²) in [4.78, 5) is 41.1. The molecule has 1 amide bonds. The monoisotopic (exact) mass is 485 g/mol. The summed E-state index contributed by atoms with van der Waals surface area (Å²) in [5.41, 5.74) is 3.60. The van der Waals surface area contributed by atoms with Crippen molar-refractivity contribution in [2.24, 2.45) is 0 Å². The molecule has 1 unspecified atom stereocenters. The van der Waals surface area contributed by atoms with Crippen molar-refractivity contribution in [3.8, 4) is 0 Å². The Kier molecular flexibility index (Phi) is 10.4. The summed E-state index contributed by atoms with van der Waals surface area (Å²) in [7, 11) is -1.65. The van der Waals surface area contributed by atoms with Gasteiger partial charge in [-0.25, -0.2) is 9.76 Å². The predicted octanol–water partition coefficient (Wildman–Crippen LogP) is 2.01. The minimum absolute atomic E-state index is 0.392. The van der Waals surface area contributed by atoms with E-state index in [1.165, 1.54) is 0 Å². The van der Waals surface area contributed by atoms with Crippen LogP contribution in [-0.2, 0) is 29.6 Å². The number of hydrogen-bond donors (Lipinski definition) is 1.